The smallest absolute Gasteiger partial charge is 0.269 e. The lowest BCUT2D eigenvalue weighted by Crippen LogP contribution is -2.48. The van der Waals surface area contributed by atoms with Crippen LogP contribution in [0.2, 0.25) is 0 Å². The first-order chi connectivity index (χ1) is 12.1. The molecule has 7 heteroatoms. The van der Waals surface area contributed by atoms with Crippen LogP contribution >= 0.6 is 0 Å². The summed E-state index contributed by atoms with van der Waals surface area (Å²) in [5.41, 5.74) is 0.943. The summed E-state index contributed by atoms with van der Waals surface area (Å²) < 4.78 is 0. The third kappa shape index (κ3) is 6.34. The number of nitro groups is 1. The van der Waals surface area contributed by atoms with E-state index in [4.69, 9.17) is 0 Å². The minimum absolute atomic E-state index is 0.106. The van der Waals surface area contributed by atoms with Crippen LogP contribution in [-0.4, -0.2) is 48.0 Å². The Morgan fingerprint density at radius 3 is 2.76 bits per heavy atom. The molecule has 0 aromatic heterocycles. The van der Waals surface area contributed by atoms with Crippen molar-refractivity contribution in [2.24, 2.45) is 4.99 Å². The molecule has 0 atom stereocenters. The molecule has 1 fully saturated rings. The van der Waals surface area contributed by atoms with Crippen LogP contribution in [0.4, 0.5) is 5.69 Å². The van der Waals surface area contributed by atoms with E-state index in [1.165, 1.54) is 19.0 Å². The van der Waals surface area contributed by atoms with Crippen molar-refractivity contribution < 1.29 is 4.92 Å². The number of non-ortho nitro benzene ring substituents is 1. The fraction of sp³-hybridized carbons (Fsp3) is 0.611. The van der Waals surface area contributed by atoms with Gasteiger partial charge >= 0.3 is 0 Å². The number of rotatable bonds is 7. The molecule has 1 aliphatic rings. The summed E-state index contributed by atoms with van der Waals surface area (Å²) in [4.78, 5) is 17.6. The standard InChI is InChI=1S/C18H29N5O2/c1-3-10-22-11-8-16(9-12-22)21-18(19-4-2)20-14-15-6-5-7-17(13-15)23(24)25/h5-7,13,16H,3-4,8-12,14H2,1-2H3,(H2,19,20,21). The maximum atomic E-state index is 10.9. The van der Waals surface area contributed by atoms with E-state index in [1.807, 2.05) is 13.0 Å². The minimum Gasteiger partial charge on any atom is -0.357 e. The third-order valence-corrected chi connectivity index (χ3v) is 4.35. The van der Waals surface area contributed by atoms with Gasteiger partial charge in [-0.25, -0.2) is 4.99 Å². The Morgan fingerprint density at radius 1 is 1.36 bits per heavy atom. The first kappa shape index (κ1) is 19.2. The fourth-order valence-corrected chi connectivity index (χ4v) is 3.07. The van der Waals surface area contributed by atoms with Crippen LogP contribution in [0.15, 0.2) is 29.3 Å². The van der Waals surface area contributed by atoms with E-state index >= 15 is 0 Å². The molecular weight excluding hydrogens is 318 g/mol. The summed E-state index contributed by atoms with van der Waals surface area (Å²) in [6.45, 7) is 8.88. The molecule has 25 heavy (non-hydrogen) atoms. The summed E-state index contributed by atoms with van der Waals surface area (Å²) in [7, 11) is 0. The van der Waals surface area contributed by atoms with Crippen molar-refractivity contribution in [1.82, 2.24) is 15.5 Å². The lowest BCUT2D eigenvalue weighted by atomic mass is 10.1. The molecule has 0 spiro atoms. The van der Waals surface area contributed by atoms with E-state index in [0.29, 0.717) is 12.6 Å². The highest BCUT2D eigenvalue weighted by atomic mass is 16.6. The van der Waals surface area contributed by atoms with E-state index in [-0.39, 0.29) is 10.6 Å². The van der Waals surface area contributed by atoms with Gasteiger partial charge < -0.3 is 15.5 Å². The van der Waals surface area contributed by atoms with Crippen LogP contribution in [0, 0.1) is 10.1 Å². The molecule has 0 radical (unpaired) electrons. The van der Waals surface area contributed by atoms with Gasteiger partial charge in [-0.1, -0.05) is 19.1 Å². The highest BCUT2D eigenvalue weighted by Gasteiger charge is 2.19. The second kappa shape index (κ2) is 9.98. The van der Waals surface area contributed by atoms with Gasteiger partial charge in [0.05, 0.1) is 11.5 Å². The van der Waals surface area contributed by atoms with Crippen LogP contribution < -0.4 is 10.6 Å². The van der Waals surface area contributed by atoms with Gasteiger partial charge in [0.25, 0.3) is 5.69 Å². The van der Waals surface area contributed by atoms with E-state index in [0.717, 1.165) is 44.0 Å². The molecular formula is C18H29N5O2. The number of nitrogens with zero attached hydrogens (tertiary/aromatic N) is 3. The molecule has 1 aromatic rings. The third-order valence-electron chi connectivity index (χ3n) is 4.35. The summed E-state index contributed by atoms with van der Waals surface area (Å²) in [5, 5.41) is 17.6. The SMILES string of the molecule is CCCN1CCC(NC(=NCc2cccc([N+](=O)[O-])c2)NCC)CC1. The summed E-state index contributed by atoms with van der Waals surface area (Å²) in [6.07, 6.45) is 3.42. The molecule has 138 valence electrons. The highest BCUT2D eigenvalue weighted by Crippen LogP contribution is 2.14. The van der Waals surface area contributed by atoms with Gasteiger partial charge in [0.1, 0.15) is 0 Å². The van der Waals surface area contributed by atoms with Crippen LogP contribution in [-0.2, 0) is 6.54 Å². The molecule has 1 saturated heterocycles. The second-order valence-electron chi connectivity index (χ2n) is 6.38. The van der Waals surface area contributed by atoms with Crippen molar-refractivity contribution in [2.75, 3.05) is 26.2 Å². The lowest BCUT2D eigenvalue weighted by Gasteiger charge is -2.32. The first-order valence-electron chi connectivity index (χ1n) is 9.13. The van der Waals surface area contributed by atoms with Gasteiger partial charge in [0, 0.05) is 37.8 Å². The molecule has 0 unspecified atom stereocenters. The van der Waals surface area contributed by atoms with Crippen molar-refractivity contribution >= 4 is 11.6 Å². The van der Waals surface area contributed by atoms with Crippen molar-refractivity contribution in [3.63, 3.8) is 0 Å². The van der Waals surface area contributed by atoms with Gasteiger partial charge in [-0.15, -0.1) is 0 Å². The average molecular weight is 347 g/mol. The van der Waals surface area contributed by atoms with Gasteiger partial charge in [-0.05, 0) is 38.3 Å². The molecule has 2 N–H and O–H groups in total. The number of hydrogen-bond donors (Lipinski definition) is 2. The lowest BCUT2D eigenvalue weighted by molar-refractivity contribution is -0.384. The summed E-state index contributed by atoms with van der Waals surface area (Å²) in [6, 6.07) is 7.07. The molecule has 1 aromatic carbocycles. The Morgan fingerprint density at radius 2 is 2.12 bits per heavy atom. The summed E-state index contributed by atoms with van der Waals surface area (Å²) in [5.74, 6) is 0.781. The Kier molecular flexibility index (Phi) is 7.66. The maximum Gasteiger partial charge on any atom is 0.269 e. The van der Waals surface area contributed by atoms with Gasteiger partial charge in [-0.3, -0.25) is 10.1 Å². The maximum absolute atomic E-state index is 10.9. The average Bonchev–Trinajstić information content (AvgIpc) is 2.62. The van der Waals surface area contributed by atoms with E-state index in [2.05, 4.69) is 27.4 Å². The topological polar surface area (TPSA) is 82.8 Å². The van der Waals surface area contributed by atoms with Crippen LogP contribution in [0.1, 0.15) is 38.7 Å². The first-order valence-corrected chi connectivity index (χ1v) is 9.13. The van der Waals surface area contributed by atoms with Gasteiger partial charge in [0.2, 0.25) is 0 Å². The van der Waals surface area contributed by atoms with Gasteiger partial charge in [0.15, 0.2) is 5.96 Å². The Balaban J connectivity index is 1.92. The number of benzene rings is 1. The predicted molar refractivity (Wildman–Crippen MR) is 101 cm³/mol. The Hall–Kier alpha value is -2.15. The van der Waals surface area contributed by atoms with Crippen molar-refractivity contribution in [2.45, 2.75) is 45.7 Å². The monoisotopic (exact) mass is 347 g/mol. The number of aliphatic imine (C=N–C) groups is 1. The van der Waals surface area contributed by atoms with Crippen molar-refractivity contribution in [1.29, 1.82) is 0 Å². The molecule has 0 saturated carbocycles. The molecule has 1 heterocycles. The van der Waals surface area contributed by atoms with Crippen LogP contribution in [0.3, 0.4) is 0 Å². The number of nitrogens with one attached hydrogen (secondary N) is 2. The van der Waals surface area contributed by atoms with Gasteiger partial charge in [-0.2, -0.15) is 0 Å². The second-order valence-corrected chi connectivity index (χ2v) is 6.38. The Bertz CT molecular complexity index is 583. The molecule has 1 aliphatic heterocycles. The minimum atomic E-state index is -0.374. The Labute approximate surface area is 149 Å². The molecule has 0 bridgehead atoms. The van der Waals surface area contributed by atoms with Crippen molar-refractivity contribution in [3.8, 4) is 0 Å². The van der Waals surface area contributed by atoms with E-state index < -0.39 is 0 Å². The number of hydrogen-bond acceptors (Lipinski definition) is 4. The molecule has 2 rings (SSSR count). The zero-order valence-electron chi connectivity index (χ0n) is 15.2. The van der Waals surface area contributed by atoms with Crippen LogP contribution in [0.5, 0.6) is 0 Å². The number of likely N-dealkylation sites (tertiary alicyclic amines) is 1. The number of piperidine rings is 1. The highest BCUT2D eigenvalue weighted by molar-refractivity contribution is 5.80. The predicted octanol–water partition coefficient (Wildman–Crippen LogP) is 2.52. The molecule has 0 aliphatic carbocycles. The molecule has 7 nitrogen and oxygen atoms in total. The quantitative estimate of drug-likeness (QED) is 0.343. The zero-order chi connectivity index (χ0) is 18.1. The van der Waals surface area contributed by atoms with Crippen LogP contribution in [0.25, 0.3) is 0 Å². The van der Waals surface area contributed by atoms with E-state index in [9.17, 15) is 10.1 Å². The van der Waals surface area contributed by atoms with Crippen molar-refractivity contribution in [3.05, 3.63) is 39.9 Å². The number of nitro benzene ring substituents is 1. The largest absolute Gasteiger partial charge is 0.357 e. The normalized spacial score (nSPS) is 16.6. The zero-order valence-corrected chi connectivity index (χ0v) is 15.2. The van der Waals surface area contributed by atoms with E-state index in [1.54, 1.807) is 12.1 Å². The molecule has 0 amide bonds. The summed E-state index contributed by atoms with van der Waals surface area (Å²) >= 11 is 0. The number of guanidine groups is 1. The fourth-order valence-electron chi connectivity index (χ4n) is 3.07.